The van der Waals surface area contributed by atoms with Crippen LogP contribution in [-0.2, 0) is 16.1 Å². The summed E-state index contributed by atoms with van der Waals surface area (Å²) in [5, 5.41) is 12.3. The van der Waals surface area contributed by atoms with Crippen molar-refractivity contribution in [2.75, 3.05) is 31.2 Å². The number of amides is 1. The van der Waals surface area contributed by atoms with Gasteiger partial charge in [0.15, 0.2) is 11.5 Å². The van der Waals surface area contributed by atoms with Gasteiger partial charge in [-0.1, -0.05) is 37.3 Å². The number of ether oxygens (including phenoxy) is 1. The van der Waals surface area contributed by atoms with Crippen LogP contribution in [0.15, 0.2) is 54.7 Å². The molecule has 1 aliphatic heterocycles. The fraction of sp³-hybridized carbons (Fsp3) is 0.304. The van der Waals surface area contributed by atoms with E-state index in [4.69, 9.17) is 19.9 Å². The van der Waals surface area contributed by atoms with Crippen molar-refractivity contribution in [3.05, 3.63) is 60.4 Å². The van der Waals surface area contributed by atoms with Gasteiger partial charge < -0.3 is 15.0 Å². The summed E-state index contributed by atoms with van der Waals surface area (Å²) in [4.78, 5) is 18.7. The molecule has 1 aliphatic rings. The number of anilines is 1. The van der Waals surface area contributed by atoms with Crippen molar-refractivity contribution in [3.8, 4) is 17.1 Å². The number of nitrogens with one attached hydrogen (secondary N) is 1. The minimum Gasteiger partial charge on any atom is -0.378 e. The number of hydrogen-bond acceptors (Lipinski definition) is 6. The highest BCUT2D eigenvalue weighted by molar-refractivity contribution is 5.75. The van der Waals surface area contributed by atoms with E-state index in [9.17, 15) is 4.79 Å². The lowest BCUT2D eigenvalue weighted by molar-refractivity contribution is -0.120. The summed E-state index contributed by atoms with van der Waals surface area (Å²) < 4.78 is 9.16. The highest BCUT2D eigenvalue weighted by Crippen LogP contribution is 2.23. The second-order valence-electron chi connectivity index (χ2n) is 7.62. The van der Waals surface area contributed by atoms with Crippen LogP contribution >= 0.6 is 0 Å². The molecule has 0 radical (unpaired) electrons. The van der Waals surface area contributed by atoms with E-state index in [0.29, 0.717) is 37.6 Å². The number of hydrogen-bond donors (Lipinski definition) is 1. The Labute approximate surface area is 185 Å². The predicted octanol–water partition coefficient (Wildman–Crippen LogP) is 2.44. The molecule has 1 aromatic carbocycles. The summed E-state index contributed by atoms with van der Waals surface area (Å²) in [6.07, 6.45) is 2.36. The van der Waals surface area contributed by atoms with Crippen LogP contribution in [0.3, 0.4) is 0 Å². The van der Waals surface area contributed by atoms with Crippen molar-refractivity contribution in [2.45, 2.75) is 19.9 Å². The number of carbonyl (C=O) groups is 1. The second-order valence-corrected chi connectivity index (χ2v) is 7.62. The zero-order valence-corrected chi connectivity index (χ0v) is 17.9. The van der Waals surface area contributed by atoms with E-state index >= 15 is 0 Å². The van der Waals surface area contributed by atoms with Crippen molar-refractivity contribution < 1.29 is 9.53 Å². The van der Waals surface area contributed by atoms with Gasteiger partial charge in [0, 0.05) is 43.4 Å². The summed E-state index contributed by atoms with van der Waals surface area (Å²) in [5.74, 6) is 1.64. The summed E-state index contributed by atoms with van der Waals surface area (Å²) in [5.41, 5.74) is 3.41. The maximum absolute atomic E-state index is 11.7. The first-order valence-corrected chi connectivity index (χ1v) is 10.8. The Morgan fingerprint density at radius 1 is 1.09 bits per heavy atom. The number of aromatic nitrogens is 5. The molecule has 0 bridgehead atoms. The lowest BCUT2D eigenvalue weighted by Crippen LogP contribution is -2.37. The summed E-state index contributed by atoms with van der Waals surface area (Å²) >= 11 is 0. The summed E-state index contributed by atoms with van der Waals surface area (Å²) in [6.45, 7) is 5.08. The number of morpholine rings is 1. The Morgan fingerprint density at radius 3 is 2.69 bits per heavy atom. The molecular weight excluding hydrogens is 406 g/mol. The number of benzene rings is 1. The fourth-order valence-corrected chi connectivity index (χ4v) is 3.74. The van der Waals surface area contributed by atoms with Gasteiger partial charge in [0.2, 0.25) is 5.91 Å². The molecule has 0 saturated carbocycles. The van der Waals surface area contributed by atoms with Crippen LogP contribution in [0, 0.1) is 0 Å². The second kappa shape index (κ2) is 8.80. The molecular formula is C23H25N7O2. The third kappa shape index (κ3) is 4.06. The standard InChI is InChI=1S/C23H25N7O2/c1-2-22(31)24-16-18-14-21-25-20(15-23(30(21)26-18)28-10-12-32-13-11-28)29-9-8-19(27-29)17-6-4-3-5-7-17/h3-9,14-15H,2,10-13,16H2,1H3,(H,24,31). The van der Waals surface area contributed by atoms with Gasteiger partial charge in [-0.15, -0.1) is 0 Å². The van der Waals surface area contributed by atoms with Crippen LogP contribution in [0.5, 0.6) is 0 Å². The van der Waals surface area contributed by atoms with Gasteiger partial charge in [0.1, 0.15) is 5.82 Å². The molecule has 4 aromatic rings. The molecule has 0 atom stereocenters. The fourth-order valence-electron chi connectivity index (χ4n) is 3.74. The van der Waals surface area contributed by atoms with Gasteiger partial charge >= 0.3 is 0 Å². The number of rotatable bonds is 6. The third-order valence-corrected chi connectivity index (χ3v) is 5.46. The molecule has 0 aliphatic carbocycles. The number of fused-ring (bicyclic) bond motifs is 1. The molecule has 1 fully saturated rings. The molecule has 0 unspecified atom stereocenters. The van der Waals surface area contributed by atoms with Crippen LogP contribution in [-0.4, -0.2) is 56.6 Å². The minimum atomic E-state index is -0.00547. The van der Waals surface area contributed by atoms with Gasteiger partial charge in [-0.05, 0) is 6.07 Å². The molecule has 9 nitrogen and oxygen atoms in total. The third-order valence-electron chi connectivity index (χ3n) is 5.46. The zero-order chi connectivity index (χ0) is 21.9. The Hall–Kier alpha value is -3.72. The SMILES string of the molecule is CCC(=O)NCc1cc2nc(-n3ccc(-c4ccccc4)n3)cc(N3CCOCC3)n2n1. The maximum Gasteiger partial charge on any atom is 0.220 e. The Bertz CT molecular complexity index is 1230. The Morgan fingerprint density at radius 2 is 1.91 bits per heavy atom. The lowest BCUT2D eigenvalue weighted by atomic mass is 10.2. The number of carbonyl (C=O) groups excluding carboxylic acids is 1. The summed E-state index contributed by atoms with van der Waals surface area (Å²) in [7, 11) is 0. The van der Waals surface area contributed by atoms with E-state index in [1.165, 1.54) is 0 Å². The van der Waals surface area contributed by atoms with Crippen LogP contribution in [0.1, 0.15) is 19.0 Å². The minimum absolute atomic E-state index is 0.00547. The molecule has 32 heavy (non-hydrogen) atoms. The van der Waals surface area contributed by atoms with Gasteiger partial charge in [-0.2, -0.15) is 14.7 Å². The zero-order valence-electron chi connectivity index (χ0n) is 17.9. The van der Waals surface area contributed by atoms with Crippen molar-refractivity contribution >= 4 is 17.4 Å². The average Bonchev–Trinajstić information content (AvgIpc) is 3.50. The van der Waals surface area contributed by atoms with E-state index in [-0.39, 0.29) is 5.91 Å². The summed E-state index contributed by atoms with van der Waals surface area (Å²) in [6, 6.07) is 16.0. The molecule has 0 spiro atoms. The van der Waals surface area contributed by atoms with Crippen LogP contribution in [0.2, 0.25) is 0 Å². The molecule has 9 heteroatoms. The van der Waals surface area contributed by atoms with Gasteiger partial charge in [0.25, 0.3) is 0 Å². The average molecular weight is 432 g/mol. The monoisotopic (exact) mass is 431 g/mol. The van der Waals surface area contributed by atoms with Gasteiger partial charge in [-0.25, -0.2) is 9.67 Å². The van der Waals surface area contributed by atoms with Crippen molar-refractivity contribution in [3.63, 3.8) is 0 Å². The smallest absolute Gasteiger partial charge is 0.220 e. The van der Waals surface area contributed by atoms with Gasteiger partial charge in [-0.3, -0.25) is 4.79 Å². The Balaban J connectivity index is 1.54. The molecule has 1 amide bonds. The highest BCUT2D eigenvalue weighted by Gasteiger charge is 2.19. The maximum atomic E-state index is 11.7. The van der Waals surface area contributed by atoms with E-state index in [2.05, 4.69) is 10.2 Å². The van der Waals surface area contributed by atoms with E-state index in [0.717, 1.165) is 35.9 Å². The largest absolute Gasteiger partial charge is 0.378 e. The van der Waals surface area contributed by atoms with Gasteiger partial charge in [0.05, 0.1) is 31.1 Å². The van der Waals surface area contributed by atoms with Crippen molar-refractivity contribution in [1.29, 1.82) is 0 Å². The molecule has 5 rings (SSSR count). The van der Waals surface area contributed by atoms with Crippen LogP contribution in [0.25, 0.3) is 22.7 Å². The lowest BCUT2D eigenvalue weighted by Gasteiger charge is -2.29. The molecule has 164 valence electrons. The Kier molecular flexibility index (Phi) is 5.55. The quantitative estimate of drug-likeness (QED) is 0.504. The first kappa shape index (κ1) is 20.2. The van der Waals surface area contributed by atoms with E-state index in [1.54, 1.807) is 4.68 Å². The van der Waals surface area contributed by atoms with Crippen LogP contribution < -0.4 is 10.2 Å². The molecule has 1 saturated heterocycles. The predicted molar refractivity (Wildman–Crippen MR) is 121 cm³/mol. The molecule has 3 aromatic heterocycles. The highest BCUT2D eigenvalue weighted by atomic mass is 16.5. The normalized spacial score (nSPS) is 14.1. The van der Waals surface area contributed by atoms with Crippen molar-refractivity contribution in [1.82, 2.24) is 29.7 Å². The first-order chi connectivity index (χ1) is 15.7. The molecule has 1 N–H and O–H groups in total. The topological polar surface area (TPSA) is 89.6 Å². The van der Waals surface area contributed by atoms with E-state index in [1.807, 2.05) is 66.2 Å². The number of nitrogens with zero attached hydrogens (tertiary/aromatic N) is 6. The van der Waals surface area contributed by atoms with Crippen LogP contribution in [0.4, 0.5) is 5.82 Å². The first-order valence-electron chi connectivity index (χ1n) is 10.8. The molecule has 4 heterocycles. The van der Waals surface area contributed by atoms with E-state index < -0.39 is 0 Å². The van der Waals surface area contributed by atoms with Crippen molar-refractivity contribution in [2.24, 2.45) is 0 Å².